The SMILES string of the molecule is Cc1cnc(CNC2=NCC(C)CS2)s1. The molecule has 0 aromatic carbocycles. The maximum atomic E-state index is 4.48. The first kappa shape index (κ1) is 11.0. The van der Waals surface area contributed by atoms with E-state index in [-0.39, 0.29) is 0 Å². The Kier molecular flexibility index (Phi) is 3.64. The summed E-state index contributed by atoms with van der Waals surface area (Å²) in [4.78, 5) is 10.0. The van der Waals surface area contributed by atoms with E-state index in [9.17, 15) is 0 Å². The van der Waals surface area contributed by atoms with Crippen LogP contribution < -0.4 is 5.32 Å². The van der Waals surface area contributed by atoms with Crippen LogP contribution in [0, 0.1) is 12.8 Å². The number of rotatable bonds is 2. The van der Waals surface area contributed by atoms with Crippen molar-refractivity contribution < 1.29 is 0 Å². The Labute approximate surface area is 98.4 Å². The van der Waals surface area contributed by atoms with Gasteiger partial charge in [-0.2, -0.15) is 0 Å². The lowest BCUT2D eigenvalue weighted by molar-refractivity contribution is 0.669. The first-order chi connectivity index (χ1) is 7.24. The molecule has 1 atom stereocenters. The van der Waals surface area contributed by atoms with E-state index >= 15 is 0 Å². The Morgan fingerprint density at radius 3 is 3.07 bits per heavy atom. The van der Waals surface area contributed by atoms with E-state index in [1.54, 1.807) is 11.3 Å². The molecule has 0 fully saturated rings. The Morgan fingerprint density at radius 1 is 1.60 bits per heavy atom. The van der Waals surface area contributed by atoms with Crippen molar-refractivity contribution in [3.63, 3.8) is 0 Å². The number of nitrogens with zero attached hydrogens (tertiary/aromatic N) is 2. The summed E-state index contributed by atoms with van der Waals surface area (Å²) in [5, 5.41) is 5.54. The summed E-state index contributed by atoms with van der Waals surface area (Å²) in [5.41, 5.74) is 0. The van der Waals surface area contributed by atoms with Crippen LogP contribution in [0.4, 0.5) is 0 Å². The summed E-state index contributed by atoms with van der Waals surface area (Å²) in [6.07, 6.45) is 1.92. The maximum Gasteiger partial charge on any atom is 0.156 e. The minimum Gasteiger partial charge on any atom is -0.358 e. The molecule has 0 saturated heterocycles. The minimum absolute atomic E-state index is 0.711. The van der Waals surface area contributed by atoms with Crippen LogP contribution in [0.1, 0.15) is 16.8 Å². The molecule has 82 valence electrons. The topological polar surface area (TPSA) is 37.3 Å². The van der Waals surface area contributed by atoms with Crippen LogP contribution in [0.2, 0.25) is 0 Å². The molecule has 0 spiro atoms. The number of hydrogen-bond acceptors (Lipinski definition) is 5. The summed E-state index contributed by atoms with van der Waals surface area (Å²) >= 11 is 3.55. The van der Waals surface area contributed by atoms with Crippen molar-refractivity contribution >= 4 is 28.3 Å². The molecule has 2 rings (SSSR count). The van der Waals surface area contributed by atoms with Gasteiger partial charge in [-0.1, -0.05) is 18.7 Å². The molecule has 15 heavy (non-hydrogen) atoms. The van der Waals surface area contributed by atoms with E-state index in [1.165, 1.54) is 10.6 Å². The Hall–Kier alpha value is -0.550. The summed E-state index contributed by atoms with van der Waals surface area (Å²) in [6, 6.07) is 0. The fraction of sp³-hybridized carbons (Fsp3) is 0.600. The van der Waals surface area contributed by atoms with Gasteiger partial charge in [-0.3, -0.25) is 4.99 Å². The van der Waals surface area contributed by atoms with Gasteiger partial charge in [-0.25, -0.2) is 4.98 Å². The van der Waals surface area contributed by atoms with E-state index in [4.69, 9.17) is 0 Å². The standard InChI is InChI=1S/C10H15N3S2/c1-7-3-12-10(14-6-7)13-5-9-11-4-8(2)15-9/h4,7H,3,5-6H2,1-2H3,(H,12,13). The molecule has 1 aromatic rings. The molecule has 1 aliphatic rings. The molecule has 0 bridgehead atoms. The van der Waals surface area contributed by atoms with Crippen molar-refractivity contribution in [2.75, 3.05) is 12.3 Å². The average molecular weight is 241 g/mol. The third-order valence-electron chi connectivity index (χ3n) is 2.11. The molecule has 5 heteroatoms. The van der Waals surface area contributed by atoms with Crippen molar-refractivity contribution in [3.8, 4) is 0 Å². The summed E-state index contributed by atoms with van der Waals surface area (Å²) < 4.78 is 0. The zero-order chi connectivity index (χ0) is 10.7. The van der Waals surface area contributed by atoms with Gasteiger partial charge in [0.15, 0.2) is 5.17 Å². The van der Waals surface area contributed by atoms with Crippen LogP contribution in [0.5, 0.6) is 0 Å². The number of thiazole rings is 1. The molecule has 0 amide bonds. The number of aliphatic imine (C=N–C) groups is 1. The van der Waals surface area contributed by atoms with Crippen molar-refractivity contribution in [2.24, 2.45) is 10.9 Å². The number of nitrogens with one attached hydrogen (secondary N) is 1. The van der Waals surface area contributed by atoms with Gasteiger partial charge in [-0.15, -0.1) is 11.3 Å². The predicted molar refractivity (Wildman–Crippen MR) is 67.6 cm³/mol. The van der Waals surface area contributed by atoms with E-state index in [1.807, 2.05) is 18.0 Å². The highest BCUT2D eigenvalue weighted by Gasteiger charge is 2.11. The molecule has 1 unspecified atom stereocenters. The van der Waals surface area contributed by atoms with Gasteiger partial charge in [0.2, 0.25) is 0 Å². The zero-order valence-electron chi connectivity index (χ0n) is 8.99. The number of aryl methyl sites for hydroxylation is 1. The van der Waals surface area contributed by atoms with E-state index < -0.39 is 0 Å². The van der Waals surface area contributed by atoms with Crippen LogP contribution in [0.15, 0.2) is 11.2 Å². The van der Waals surface area contributed by atoms with Crippen molar-refractivity contribution in [1.29, 1.82) is 0 Å². The zero-order valence-corrected chi connectivity index (χ0v) is 10.6. The second kappa shape index (κ2) is 4.99. The fourth-order valence-corrected chi connectivity index (χ4v) is 2.91. The average Bonchev–Trinajstić information content (AvgIpc) is 2.64. The Morgan fingerprint density at radius 2 is 2.47 bits per heavy atom. The van der Waals surface area contributed by atoms with Gasteiger partial charge in [0.05, 0.1) is 6.54 Å². The number of amidine groups is 1. The number of aromatic nitrogens is 1. The monoisotopic (exact) mass is 241 g/mol. The molecular weight excluding hydrogens is 226 g/mol. The number of hydrogen-bond donors (Lipinski definition) is 1. The normalized spacial score (nSPS) is 21.2. The van der Waals surface area contributed by atoms with Crippen LogP contribution in [0.3, 0.4) is 0 Å². The Bertz CT molecular complexity index is 359. The predicted octanol–water partition coefficient (Wildman–Crippen LogP) is 2.28. The highest BCUT2D eigenvalue weighted by Crippen LogP contribution is 2.16. The van der Waals surface area contributed by atoms with Gasteiger partial charge in [0.1, 0.15) is 5.01 Å². The summed E-state index contributed by atoms with van der Waals surface area (Å²) in [6.45, 7) is 6.07. The van der Waals surface area contributed by atoms with Gasteiger partial charge in [0, 0.05) is 23.4 Å². The first-order valence-electron chi connectivity index (χ1n) is 5.06. The van der Waals surface area contributed by atoms with Crippen molar-refractivity contribution in [2.45, 2.75) is 20.4 Å². The molecular formula is C10H15N3S2. The lowest BCUT2D eigenvalue weighted by Crippen LogP contribution is -2.25. The molecule has 1 aromatic heterocycles. The van der Waals surface area contributed by atoms with Crippen LogP contribution >= 0.6 is 23.1 Å². The largest absolute Gasteiger partial charge is 0.358 e. The Balaban J connectivity index is 1.83. The highest BCUT2D eigenvalue weighted by molar-refractivity contribution is 8.13. The maximum absolute atomic E-state index is 4.48. The van der Waals surface area contributed by atoms with Crippen molar-refractivity contribution in [3.05, 3.63) is 16.1 Å². The van der Waals surface area contributed by atoms with Crippen LogP contribution in [-0.2, 0) is 6.54 Å². The molecule has 2 heterocycles. The van der Waals surface area contributed by atoms with Gasteiger partial charge in [0.25, 0.3) is 0 Å². The fourth-order valence-electron chi connectivity index (χ4n) is 1.30. The first-order valence-corrected chi connectivity index (χ1v) is 6.86. The third kappa shape index (κ3) is 3.21. The smallest absolute Gasteiger partial charge is 0.156 e. The van der Waals surface area contributed by atoms with Crippen LogP contribution in [-0.4, -0.2) is 22.4 Å². The van der Waals surface area contributed by atoms with Crippen molar-refractivity contribution in [1.82, 2.24) is 10.3 Å². The molecule has 1 N–H and O–H groups in total. The quantitative estimate of drug-likeness (QED) is 0.863. The lowest BCUT2D eigenvalue weighted by Gasteiger charge is -2.17. The second-order valence-electron chi connectivity index (χ2n) is 3.78. The molecule has 0 aliphatic carbocycles. The van der Waals surface area contributed by atoms with E-state index in [0.29, 0.717) is 5.92 Å². The molecule has 0 saturated carbocycles. The summed E-state index contributed by atoms with van der Waals surface area (Å²) in [5.74, 6) is 1.88. The summed E-state index contributed by atoms with van der Waals surface area (Å²) in [7, 11) is 0. The lowest BCUT2D eigenvalue weighted by atomic mass is 10.2. The number of thioether (sulfide) groups is 1. The van der Waals surface area contributed by atoms with Gasteiger partial charge in [-0.05, 0) is 12.8 Å². The minimum atomic E-state index is 0.711. The van der Waals surface area contributed by atoms with E-state index in [0.717, 1.165) is 23.3 Å². The highest BCUT2D eigenvalue weighted by atomic mass is 32.2. The van der Waals surface area contributed by atoms with Gasteiger partial charge >= 0.3 is 0 Å². The second-order valence-corrected chi connectivity index (χ2v) is 6.11. The molecule has 0 radical (unpaired) electrons. The van der Waals surface area contributed by atoms with Crippen LogP contribution in [0.25, 0.3) is 0 Å². The molecule has 3 nitrogen and oxygen atoms in total. The molecule has 1 aliphatic heterocycles. The van der Waals surface area contributed by atoms with E-state index in [2.05, 4.69) is 29.1 Å². The van der Waals surface area contributed by atoms with Gasteiger partial charge < -0.3 is 5.32 Å². The third-order valence-corrected chi connectivity index (χ3v) is 4.31.